The summed E-state index contributed by atoms with van der Waals surface area (Å²) in [5, 5.41) is 3.00. The van der Waals surface area contributed by atoms with Gasteiger partial charge >= 0.3 is 0 Å². The van der Waals surface area contributed by atoms with Crippen molar-refractivity contribution >= 4 is 11.7 Å². The zero-order valence-corrected chi connectivity index (χ0v) is 16.9. The van der Waals surface area contributed by atoms with Crippen LogP contribution in [0.5, 0.6) is 5.75 Å². The zero-order chi connectivity index (χ0) is 20.9. The third kappa shape index (κ3) is 4.56. The number of rotatable bonds is 7. The molecule has 0 atom stereocenters. The first kappa shape index (κ1) is 19.8. The van der Waals surface area contributed by atoms with Crippen LogP contribution in [0.4, 0.5) is 5.95 Å². The molecule has 1 aliphatic rings. The third-order valence-corrected chi connectivity index (χ3v) is 5.28. The maximum Gasteiger partial charge on any atom is 0.255 e. The normalized spacial score (nSPS) is 13.9. The standard InChI is InChI=1S/C23H24N4O3/c1-27-22(29)14-20(16-9-11-24-12-10-16)26-23(27)25-15-21(28)17-5-4-8-19(13-17)30-18-6-2-3-7-18/h4-5,8-14,18H,2-3,6-7,15H2,1H3,(H,25,26). The van der Waals surface area contributed by atoms with E-state index >= 15 is 0 Å². The van der Waals surface area contributed by atoms with E-state index in [2.05, 4.69) is 15.3 Å². The number of aromatic nitrogens is 3. The van der Waals surface area contributed by atoms with Crippen LogP contribution in [0, 0.1) is 0 Å². The maximum atomic E-state index is 12.7. The average molecular weight is 404 g/mol. The molecule has 0 spiro atoms. The third-order valence-electron chi connectivity index (χ3n) is 5.28. The second-order valence-electron chi connectivity index (χ2n) is 7.43. The predicted octanol–water partition coefficient (Wildman–Crippen LogP) is 3.46. The molecule has 0 saturated heterocycles. The molecule has 0 unspecified atom stereocenters. The van der Waals surface area contributed by atoms with Crippen LogP contribution >= 0.6 is 0 Å². The van der Waals surface area contributed by atoms with Crippen molar-refractivity contribution in [1.29, 1.82) is 0 Å². The van der Waals surface area contributed by atoms with Gasteiger partial charge in [0.2, 0.25) is 5.95 Å². The van der Waals surface area contributed by atoms with Gasteiger partial charge in [-0.25, -0.2) is 4.98 Å². The van der Waals surface area contributed by atoms with Crippen LogP contribution in [-0.4, -0.2) is 33.0 Å². The van der Waals surface area contributed by atoms with E-state index in [0.717, 1.165) is 24.2 Å². The second kappa shape index (κ2) is 8.90. The van der Waals surface area contributed by atoms with E-state index in [1.54, 1.807) is 43.7 Å². The first-order chi connectivity index (χ1) is 14.6. The summed E-state index contributed by atoms with van der Waals surface area (Å²) in [6.45, 7) is 0.0208. The summed E-state index contributed by atoms with van der Waals surface area (Å²) in [6.07, 6.45) is 8.04. The fraction of sp³-hybridized carbons (Fsp3) is 0.304. The molecule has 1 N–H and O–H groups in total. The summed E-state index contributed by atoms with van der Waals surface area (Å²) in [6, 6.07) is 12.3. The van der Waals surface area contributed by atoms with E-state index < -0.39 is 0 Å². The molecule has 0 aliphatic heterocycles. The van der Waals surface area contributed by atoms with Crippen LogP contribution in [0.1, 0.15) is 36.0 Å². The number of hydrogen-bond donors (Lipinski definition) is 1. The van der Waals surface area contributed by atoms with E-state index in [9.17, 15) is 9.59 Å². The van der Waals surface area contributed by atoms with Gasteiger partial charge in [-0.15, -0.1) is 0 Å². The number of ether oxygens (including phenoxy) is 1. The van der Waals surface area contributed by atoms with Gasteiger partial charge in [0.1, 0.15) is 5.75 Å². The molecule has 1 aromatic carbocycles. The Morgan fingerprint density at radius 1 is 1.17 bits per heavy atom. The first-order valence-electron chi connectivity index (χ1n) is 10.1. The van der Waals surface area contributed by atoms with Gasteiger partial charge in [-0.3, -0.25) is 19.1 Å². The summed E-state index contributed by atoms with van der Waals surface area (Å²) < 4.78 is 7.38. The van der Waals surface area contributed by atoms with E-state index in [4.69, 9.17) is 4.74 Å². The van der Waals surface area contributed by atoms with Gasteiger partial charge in [0.15, 0.2) is 5.78 Å². The number of nitrogens with zero attached hydrogens (tertiary/aromatic N) is 3. The van der Waals surface area contributed by atoms with Crippen LogP contribution in [0.2, 0.25) is 0 Å². The molecule has 0 bridgehead atoms. The molecule has 4 rings (SSSR count). The topological polar surface area (TPSA) is 86.1 Å². The lowest BCUT2D eigenvalue weighted by atomic mass is 10.1. The van der Waals surface area contributed by atoms with E-state index in [1.165, 1.54) is 23.5 Å². The van der Waals surface area contributed by atoms with Gasteiger partial charge in [0.25, 0.3) is 5.56 Å². The highest BCUT2D eigenvalue weighted by Gasteiger charge is 2.17. The summed E-state index contributed by atoms with van der Waals surface area (Å²) in [7, 11) is 1.62. The Morgan fingerprint density at radius 3 is 2.70 bits per heavy atom. The van der Waals surface area contributed by atoms with Gasteiger partial charge in [-0.1, -0.05) is 12.1 Å². The molecule has 7 heteroatoms. The minimum absolute atomic E-state index is 0.0208. The summed E-state index contributed by atoms with van der Waals surface area (Å²) in [4.78, 5) is 33.5. The number of ketones is 1. The Balaban J connectivity index is 1.47. The minimum atomic E-state index is -0.210. The van der Waals surface area contributed by atoms with Crippen molar-refractivity contribution in [3.63, 3.8) is 0 Å². The highest BCUT2D eigenvalue weighted by atomic mass is 16.5. The van der Waals surface area contributed by atoms with Crippen molar-refractivity contribution in [1.82, 2.24) is 14.5 Å². The highest BCUT2D eigenvalue weighted by molar-refractivity contribution is 5.99. The Labute approximate surface area is 174 Å². The number of anilines is 1. The molecule has 3 aromatic rings. The van der Waals surface area contributed by atoms with Crippen LogP contribution in [0.3, 0.4) is 0 Å². The molecule has 0 amide bonds. The number of pyridine rings is 1. The lowest BCUT2D eigenvalue weighted by molar-refractivity contribution is 0.100. The van der Waals surface area contributed by atoms with Crippen LogP contribution < -0.4 is 15.6 Å². The summed E-state index contributed by atoms with van der Waals surface area (Å²) >= 11 is 0. The van der Waals surface area contributed by atoms with Gasteiger partial charge in [-0.2, -0.15) is 0 Å². The van der Waals surface area contributed by atoms with Crippen molar-refractivity contribution in [3.8, 4) is 17.0 Å². The first-order valence-corrected chi connectivity index (χ1v) is 10.1. The lowest BCUT2D eigenvalue weighted by Crippen LogP contribution is -2.24. The van der Waals surface area contributed by atoms with Crippen molar-refractivity contribution in [2.45, 2.75) is 31.8 Å². The van der Waals surface area contributed by atoms with Crippen molar-refractivity contribution < 1.29 is 9.53 Å². The molecule has 1 saturated carbocycles. The molecular formula is C23H24N4O3. The molecule has 1 fully saturated rings. The molecule has 30 heavy (non-hydrogen) atoms. The number of carbonyl (C=O) groups is 1. The molecular weight excluding hydrogens is 380 g/mol. The largest absolute Gasteiger partial charge is 0.490 e. The van der Waals surface area contributed by atoms with Crippen molar-refractivity contribution in [2.75, 3.05) is 11.9 Å². The molecule has 2 aromatic heterocycles. The SMILES string of the molecule is Cn1c(NCC(=O)c2cccc(OC3CCCC3)c2)nc(-c2ccncc2)cc1=O. The highest BCUT2D eigenvalue weighted by Crippen LogP contribution is 2.24. The van der Waals surface area contributed by atoms with Crippen LogP contribution in [0.25, 0.3) is 11.3 Å². The molecule has 7 nitrogen and oxygen atoms in total. The Kier molecular flexibility index (Phi) is 5.88. The Morgan fingerprint density at radius 2 is 1.93 bits per heavy atom. The second-order valence-corrected chi connectivity index (χ2v) is 7.43. The fourth-order valence-corrected chi connectivity index (χ4v) is 3.57. The quantitative estimate of drug-likeness (QED) is 0.607. The number of Topliss-reactive ketones (excluding diaryl/α,β-unsaturated/α-hetero) is 1. The van der Waals surface area contributed by atoms with Gasteiger partial charge in [-0.05, 0) is 49.9 Å². The molecule has 0 radical (unpaired) electrons. The fourth-order valence-electron chi connectivity index (χ4n) is 3.57. The summed E-state index contributed by atoms with van der Waals surface area (Å²) in [5.41, 5.74) is 1.67. The lowest BCUT2D eigenvalue weighted by Gasteiger charge is -2.14. The monoisotopic (exact) mass is 404 g/mol. The molecule has 2 heterocycles. The molecule has 154 valence electrons. The van der Waals surface area contributed by atoms with Crippen LogP contribution in [0.15, 0.2) is 59.7 Å². The van der Waals surface area contributed by atoms with Gasteiger partial charge in [0.05, 0.1) is 18.3 Å². The maximum absolute atomic E-state index is 12.7. The van der Waals surface area contributed by atoms with Gasteiger partial charge < -0.3 is 10.1 Å². The van der Waals surface area contributed by atoms with Gasteiger partial charge in [0, 0.05) is 36.6 Å². The minimum Gasteiger partial charge on any atom is -0.490 e. The van der Waals surface area contributed by atoms with E-state index in [1.807, 2.05) is 12.1 Å². The Hall–Kier alpha value is -3.48. The summed E-state index contributed by atoms with van der Waals surface area (Å²) in [5.74, 6) is 0.953. The Bertz CT molecular complexity index is 1090. The van der Waals surface area contributed by atoms with Crippen molar-refractivity contribution in [2.24, 2.45) is 7.05 Å². The molecule has 1 aliphatic carbocycles. The number of nitrogens with one attached hydrogen (secondary N) is 1. The van der Waals surface area contributed by atoms with Crippen molar-refractivity contribution in [3.05, 3.63) is 70.8 Å². The number of carbonyl (C=O) groups excluding carboxylic acids is 1. The number of benzene rings is 1. The zero-order valence-electron chi connectivity index (χ0n) is 16.9. The average Bonchev–Trinajstić information content (AvgIpc) is 3.28. The smallest absolute Gasteiger partial charge is 0.255 e. The predicted molar refractivity (Wildman–Crippen MR) is 115 cm³/mol. The van der Waals surface area contributed by atoms with E-state index in [0.29, 0.717) is 17.2 Å². The van der Waals surface area contributed by atoms with E-state index in [-0.39, 0.29) is 24.0 Å². The van der Waals surface area contributed by atoms with Crippen LogP contribution in [-0.2, 0) is 7.05 Å². The number of hydrogen-bond acceptors (Lipinski definition) is 6.